The zero-order valence-corrected chi connectivity index (χ0v) is 17.3. The minimum atomic E-state index is -0.409. The van der Waals surface area contributed by atoms with Crippen LogP contribution < -0.4 is 5.32 Å². The molecule has 0 radical (unpaired) electrons. The first-order chi connectivity index (χ1) is 14.6. The monoisotopic (exact) mass is 418 g/mol. The predicted octanol–water partition coefficient (Wildman–Crippen LogP) is -0.472. The van der Waals surface area contributed by atoms with Gasteiger partial charge >= 0.3 is 0 Å². The molecule has 10 nitrogen and oxygen atoms in total. The lowest BCUT2D eigenvalue weighted by atomic mass is 9.91. The number of hydrogen-bond donors (Lipinski definition) is 1. The van der Waals surface area contributed by atoms with Crippen molar-refractivity contribution in [2.45, 2.75) is 51.0 Å². The summed E-state index contributed by atoms with van der Waals surface area (Å²) < 4.78 is 13.6. The van der Waals surface area contributed by atoms with E-state index in [-0.39, 0.29) is 17.7 Å². The molecule has 2 amide bonds. The van der Waals surface area contributed by atoms with Crippen LogP contribution in [0.3, 0.4) is 0 Å². The lowest BCUT2D eigenvalue weighted by molar-refractivity contribution is -0.154. The predicted molar refractivity (Wildman–Crippen MR) is 105 cm³/mol. The number of nitrogens with zero attached hydrogens (tertiary/aromatic N) is 5. The van der Waals surface area contributed by atoms with Gasteiger partial charge in [-0.25, -0.2) is 4.68 Å². The number of likely N-dealkylation sites (tertiary alicyclic amines) is 1. The second kappa shape index (κ2) is 8.24. The van der Waals surface area contributed by atoms with Gasteiger partial charge in [-0.1, -0.05) is 5.21 Å². The number of rotatable bonds is 5. The number of aromatic nitrogens is 3. The van der Waals surface area contributed by atoms with Gasteiger partial charge in [0.05, 0.1) is 51.7 Å². The smallest absolute Gasteiger partial charge is 0.236 e. The molecule has 4 aliphatic rings. The summed E-state index contributed by atoms with van der Waals surface area (Å²) in [5, 5.41) is 11.5. The fourth-order valence-electron chi connectivity index (χ4n) is 4.60. The van der Waals surface area contributed by atoms with E-state index in [1.54, 1.807) is 0 Å². The molecule has 1 aromatic heterocycles. The lowest BCUT2D eigenvalue weighted by Gasteiger charge is -2.45. The van der Waals surface area contributed by atoms with Gasteiger partial charge in [-0.3, -0.25) is 14.5 Å². The van der Waals surface area contributed by atoms with Crippen molar-refractivity contribution >= 4 is 11.8 Å². The van der Waals surface area contributed by atoms with Gasteiger partial charge in [0.1, 0.15) is 11.3 Å². The van der Waals surface area contributed by atoms with Crippen molar-refractivity contribution in [3.8, 4) is 0 Å². The van der Waals surface area contributed by atoms with E-state index in [1.807, 2.05) is 9.58 Å². The second-order valence-electron chi connectivity index (χ2n) is 8.91. The number of carbonyl (C=O) groups excluding carboxylic acids is 2. The van der Waals surface area contributed by atoms with E-state index in [0.29, 0.717) is 46.0 Å². The summed E-state index contributed by atoms with van der Waals surface area (Å²) in [7, 11) is 0. The van der Waals surface area contributed by atoms with E-state index in [2.05, 4.69) is 20.5 Å². The van der Waals surface area contributed by atoms with Gasteiger partial charge in [-0.15, -0.1) is 5.10 Å². The summed E-state index contributed by atoms with van der Waals surface area (Å²) in [6.07, 6.45) is 3.79. The van der Waals surface area contributed by atoms with Gasteiger partial charge < -0.3 is 19.7 Å². The Kier molecular flexibility index (Phi) is 5.46. The highest BCUT2D eigenvalue weighted by molar-refractivity contribution is 5.80. The standard InChI is InChI=1S/C20H30N6O4/c27-18(11-24-6-8-29-9-7-24)25-5-1-4-20(13-25)14-26-17(12-30-20)16(22-23-26)10-21-19(28)15-2-3-15/h15H,1-14H2,(H,21,28). The maximum atomic E-state index is 12.9. The van der Waals surface area contributed by atoms with E-state index < -0.39 is 5.60 Å². The topological polar surface area (TPSA) is 102 Å². The van der Waals surface area contributed by atoms with Crippen molar-refractivity contribution < 1.29 is 19.1 Å². The Hall–Kier alpha value is -2.04. The van der Waals surface area contributed by atoms with E-state index in [0.717, 1.165) is 56.7 Å². The van der Waals surface area contributed by atoms with Crippen molar-refractivity contribution in [1.29, 1.82) is 0 Å². The highest BCUT2D eigenvalue weighted by Crippen LogP contribution is 2.33. The average molecular weight is 418 g/mol. The Balaban J connectivity index is 1.20. The molecule has 4 heterocycles. The first kappa shape index (κ1) is 19.9. The number of ether oxygens (including phenoxy) is 2. The molecule has 1 spiro atoms. The molecule has 1 unspecified atom stereocenters. The molecule has 5 rings (SSSR count). The number of carbonyl (C=O) groups is 2. The highest BCUT2D eigenvalue weighted by atomic mass is 16.5. The minimum absolute atomic E-state index is 0.103. The van der Waals surface area contributed by atoms with Crippen molar-refractivity contribution in [3.63, 3.8) is 0 Å². The Morgan fingerprint density at radius 3 is 2.80 bits per heavy atom. The third-order valence-electron chi connectivity index (χ3n) is 6.60. The fraction of sp³-hybridized carbons (Fsp3) is 0.800. The largest absolute Gasteiger partial charge is 0.379 e. The number of piperidine rings is 1. The summed E-state index contributed by atoms with van der Waals surface area (Å²) in [6.45, 7) is 6.20. The van der Waals surface area contributed by atoms with Crippen LogP contribution in [0.5, 0.6) is 0 Å². The number of hydrogen-bond acceptors (Lipinski definition) is 7. The lowest BCUT2D eigenvalue weighted by Crippen LogP contribution is -2.57. The Labute approximate surface area is 175 Å². The molecule has 30 heavy (non-hydrogen) atoms. The Morgan fingerprint density at radius 2 is 2.00 bits per heavy atom. The Bertz CT molecular complexity index is 803. The molecule has 3 aliphatic heterocycles. The summed E-state index contributed by atoms with van der Waals surface area (Å²) in [6, 6.07) is 0. The molecule has 3 fully saturated rings. The first-order valence-electron chi connectivity index (χ1n) is 11.0. The zero-order valence-electron chi connectivity index (χ0n) is 17.3. The van der Waals surface area contributed by atoms with Crippen LogP contribution >= 0.6 is 0 Å². The van der Waals surface area contributed by atoms with E-state index in [1.165, 1.54) is 0 Å². The molecule has 0 aromatic carbocycles. The normalized spacial score (nSPS) is 27.1. The van der Waals surface area contributed by atoms with Crippen molar-refractivity contribution in [1.82, 2.24) is 30.1 Å². The summed E-state index contributed by atoms with van der Waals surface area (Å²) >= 11 is 0. The van der Waals surface area contributed by atoms with Gasteiger partial charge in [-0.05, 0) is 25.7 Å². The molecule has 10 heteroatoms. The number of morpholine rings is 1. The number of nitrogens with one attached hydrogen (secondary N) is 1. The molecule has 1 aliphatic carbocycles. The van der Waals surface area contributed by atoms with Gasteiger partial charge in [0, 0.05) is 25.6 Å². The first-order valence-corrected chi connectivity index (χ1v) is 11.0. The van der Waals surface area contributed by atoms with Gasteiger partial charge in [0.2, 0.25) is 11.8 Å². The fourth-order valence-corrected chi connectivity index (χ4v) is 4.60. The molecule has 0 bridgehead atoms. The quantitative estimate of drug-likeness (QED) is 0.690. The van der Waals surface area contributed by atoms with Crippen molar-refractivity contribution in [2.75, 3.05) is 45.9 Å². The maximum Gasteiger partial charge on any atom is 0.236 e. The average Bonchev–Trinajstić information content (AvgIpc) is 3.54. The van der Waals surface area contributed by atoms with Crippen molar-refractivity contribution in [2.24, 2.45) is 5.92 Å². The summed E-state index contributed by atoms with van der Waals surface area (Å²) in [5.74, 6) is 0.443. The highest BCUT2D eigenvalue weighted by Gasteiger charge is 2.42. The summed E-state index contributed by atoms with van der Waals surface area (Å²) in [5.41, 5.74) is 1.29. The third-order valence-corrected chi connectivity index (χ3v) is 6.60. The molecular weight excluding hydrogens is 388 g/mol. The van der Waals surface area contributed by atoms with Crippen LogP contribution in [0.2, 0.25) is 0 Å². The Morgan fingerprint density at radius 1 is 1.17 bits per heavy atom. The molecular formula is C20H30N6O4. The third kappa shape index (κ3) is 4.21. The SMILES string of the molecule is O=C(NCc1nnn2c1COC1(CCCN(C(=O)CN3CCOCC3)C1)C2)C1CC1. The van der Waals surface area contributed by atoms with Crippen LogP contribution in [0.25, 0.3) is 0 Å². The van der Waals surface area contributed by atoms with Crippen LogP contribution in [-0.4, -0.2) is 88.1 Å². The van der Waals surface area contributed by atoms with E-state index in [4.69, 9.17) is 9.47 Å². The second-order valence-corrected chi connectivity index (χ2v) is 8.91. The summed E-state index contributed by atoms with van der Waals surface area (Å²) in [4.78, 5) is 28.9. The molecule has 1 aromatic rings. The minimum Gasteiger partial charge on any atom is -0.379 e. The maximum absolute atomic E-state index is 12.9. The van der Waals surface area contributed by atoms with Crippen LogP contribution in [0.1, 0.15) is 37.1 Å². The number of fused-ring (bicyclic) bond motifs is 1. The van der Waals surface area contributed by atoms with Gasteiger partial charge in [0.25, 0.3) is 0 Å². The zero-order chi connectivity index (χ0) is 20.6. The van der Waals surface area contributed by atoms with E-state index in [9.17, 15) is 9.59 Å². The van der Waals surface area contributed by atoms with E-state index >= 15 is 0 Å². The molecule has 1 saturated carbocycles. The molecule has 1 atom stereocenters. The van der Waals surface area contributed by atoms with Crippen molar-refractivity contribution in [3.05, 3.63) is 11.4 Å². The molecule has 164 valence electrons. The van der Waals surface area contributed by atoms with Crippen LogP contribution in [0, 0.1) is 5.92 Å². The number of amides is 2. The van der Waals surface area contributed by atoms with Gasteiger partial charge in [-0.2, -0.15) is 0 Å². The van der Waals surface area contributed by atoms with Crippen LogP contribution in [0.4, 0.5) is 0 Å². The molecule has 1 N–H and O–H groups in total. The van der Waals surface area contributed by atoms with Crippen LogP contribution in [-0.2, 0) is 38.8 Å². The van der Waals surface area contributed by atoms with Crippen LogP contribution in [0.15, 0.2) is 0 Å². The van der Waals surface area contributed by atoms with Gasteiger partial charge in [0.15, 0.2) is 0 Å². The molecule has 2 saturated heterocycles.